The predicted molar refractivity (Wildman–Crippen MR) is 85.8 cm³/mol. The van der Waals surface area contributed by atoms with Crippen molar-refractivity contribution in [2.45, 2.75) is 10.6 Å². The molecule has 2 rings (SSSR count). The first kappa shape index (κ1) is 17.1. The van der Waals surface area contributed by atoms with Crippen LogP contribution in [0.4, 0.5) is 5.69 Å². The highest BCUT2D eigenvalue weighted by molar-refractivity contribution is 7.91. The summed E-state index contributed by atoms with van der Waals surface area (Å²) in [6.45, 7) is 0. The van der Waals surface area contributed by atoms with E-state index in [-0.39, 0.29) is 16.5 Å². The minimum atomic E-state index is -3.75. The van der Waals surface area contributed by atoms with Crippen molar-refractivity contribution in [3.63, 3.8) is 0 Å². The molecule has 3 N–H and O–H groups in total. The van der Waals surface area contributed by atoms with E-state index in [0.717, 1.165) is 11.3 Å². The predicted octanol–water partition coefficient (Wildman–Crippen LogP) is 1.36. The average Bonchev–Trinajstić information content (AvgIpc) is 2.95. The number of nitrogens with one attached hydrogen (secondary N) is 1. The Morgan fingerprint density at radius 3 is 2.35 bits per heavy atom. The number of esters is 1. The van der Waals surface area contributed by atoms with Gasteiger partial charge in [0.05, 0.1) is 19.1 Å². The summed E-state index contributed by atoms with van der Waals surface area (Å²) in [7, 11) is -2.46. The standard InChI is InChI=1S/C14H14N2O5S2/c1-21-14(18)9-2-4-10(5-3-9)16-12(17)8-11-6-7-13(22-11)23(15,19)20/h2-7H,8H2,1H3,(H,16,17)(H2,15,19,20). The molecule has 0 saturated heterocycles. The van der Waals surface area contributed by atoms with Gasteiger partial charge in [-0.05, 0) is 36.4 Å². The topological polar surface area (TPSA) is 116 Å². The summed E-state index contributed by atoms with van der Waals surface area (Å²) in [4.78, 5) is 23.8. The molecule has 0 aliphatic rings. The van der Waals surface area contributed by atoms with E-state index < -0.39 is 16.0 Å². The van der Waals surface area contributed by atoms with Crippen molar-refractivity contribution in [1.82, 2.24) is 0 Å². The Balaban J connectivity index is 1.99. The fourth-order valence-corrected chi connectivity index (χ4v) is 3.55. The number of methoxy groups -OCH3 is 1. The second-order valence-electron chi connectivity index (χ2n) is 4.56. The van der Waals surface area contributed by atoms with E-state index in [2.05, 4.69) is 10.1 Å². The molecule has 0 atom stereocenters. The minimum Gasteiger partial charge on any atom is -0.465 e. The molecule has 0 spiro atoms. The van der Waals surface area contributed by atoms with Crippen LogP contribution >= 0.6 is 11.3 Å². The number of primary sulfonamides is 1. The Morgan fingerprint density at radius 1 is 1.17 bits per heavy atom. The van der Waals surface area contributed by atoms with Gasteiger partial charge in [0.25, 0.3) is 0 Å². The molecule has 1 aromatic heterocycles. The quantitative estimate of drug-likeness (QED) is 0.787. The van der Waals surface area contributed by atoms with Crippen LogP contribution in [0.5, 0.6) is 0 Å². The zero-order valence-electron chi connectivity index (χ0n) is 12.1. The first-order valence-electron chi connectivity index (χ1n) is 6.39. The van der Waals surface area contributed by atoms with Crippen LogP contribution in [-0.2, 0) is 26.0 Å². The van der Waals surface area contributed by atoms with Gasteiger partial charge in [-0.2, -0.15) is 0 Å². The summed E-state index contributed by atoms with van der Waals surface area (Å²) in [6, 6.07) is 9.14. The Bertz CT molecular complexity index is 825. The number of hydrogen-bond acceptors (Lipinski definition) is 6. The van der Waals surface area contributed by atoms with Crippen molar-refractivity contribution in [1.29, 1.82) is 0 Å². The van der Waals surface area contributed by atoms with Gasteiger partial charge >= 0.3 is 5.97 Å². The maximum Gasteiger partial charge on any atom is 0.337 e. The summed E-state index contributed by atoms with van der Waals surface area (Å²) in [5.74, 6) is -0.768. The van der Waals surface area contributed by atoms with Crippen LogP contribution in [0, 0.1) is 0 Å². The molecule has 0 aliphatic heterocycles. The van der Waals surface area contributed by atoms with Gasteiger partial charge in [0.15, 0.2) is 0 Å². The van der Waals surface area contributed by atoms with Gasteiger partial charge < -0.3 is 10.1 Å². The lowest BCUT2D eigenvalue weighted by Crippen LogP contribution is -2.14. The van der Waals surface area contributed by atoms with Crippen LogP contribution in [0.3, 0.4) is 0 Å². The lowest BCUT2D eigenvalue weighted by molar-refractivity contribution is -0.115. The van der Waals surface area contributed by atoms with Crippen LogP contribution in [0.15, 0.2) is 40.6 Å². The van der Waals surface area contributed by atoms with Gasteiger partial charge in [-0.25, -0.2) is 18.4 Å². The second kappa shape index (κ2) is 6.90. The molecule has 0 fully saturated rings. The zero-order valence-corrected chi connectivity index (χ0v) is 13.7. The number of rotatable bonds is 5. The van der Waals surface area contributed by atoms with E-state index in [9.17, 15) is 18.0 Å². The molecular formula is C14H14N2O5S2. The molecule has 0 unspecified atom stereocenters. The molecule has 0 saturated carbocycles. The molecule has 7 nitrogen and oxygen atoms in total. The molecule has 1 aromatic carbocycles. The Kier molecular flexibility index (Phi) is 5.14. The zero-order chi connectivity index (χ0) is 17.0. The van der Waals surface area contributed by atoms with E-state index in [1.165, 1.54) is 25.3 Å². The van der Waals surface area contributed by atoms with E-state index in [4.69, 9.17) is 5.14 Å². The number of carbonyl (C=O) groups is 2. The number of benzene rings is 1. The maximum atomic E-state index is 11.9. The smallest absolute Gasteiger partial charge is 0.337 e. The lowest BCUT2D eigenvalue weighted by atomic mass is 10.2. The molecular weight excluding hydrogens is 340 g/mol. The number of anilines is 1. The Labute approximate surface area is 137 Å². The molecule has 23 heavy (non-hydrogen) atoms. The van der Waals surface area contributed by atoms with Crippen LogP contribution in [0.1, 0.15) is 15.2 Å². The van der Waals surface area contributed by atoms with E-state index in [1.807, 2.05) is 0 Å². The first-order chi connectivity index (χ1) is 10.8. The molecule has 0 radical (unpaired) electrons. The Morgan fingerprint density at radius 2 is 1.83 bits per heavy atom. The van der Waals surface area contributed by atoms with Crippen molar-refractivity contribution < 1.29 is 22.7 Å². The molecule has 0 bridgehead atoms. The SMILES string of the molecule is COC(=O)c1ccc(NC(=O)Cc2ccc(S(N)(=O)=O)s2)cc1. The number of amides is 1. The molecule has 9 heteroatoms. The van der Waals surface area contributed by atoms with Gasteiger partial charge in [-0.15, -0.1) is 11.3 Å². The fraction of sp³-hybridized carbons (Fsp3) is 0.143. The van der Waals surface area contributed by atoms with Crippen LogP contribution in [0.2, 0.25) is 0 Å². The molecule has 0 aliphatic carbocycles. The van der Waals surface area contributed by atoms with Gasteiger partial charge in [-0.3, -0.25) is 4.79 Å². The normalized spacial score (nSPS) is 11.0. The summed E-state index contributed by atoms with van der Waals surface area (Å²) in [5, 5.41) is 7.68. The van der Waals surface area contributed by atoms with Gasteiger partial charge in [0.1, 0.15) is 4.21 Å². The third-order valence-corrected chi connectivity index (χ3v) is 5.37. The van der Waals surface area contributed by atoms with Gasteiger partial charge in [-0.1, -0.05) is 0 Å². The van der Waals surface area contributed by atoms with Crippen molar-refractivity contribution in [3.8, 4) is 0 Å². The second-order valence-corrected chi connectivity index (χ2v) is 7.52. The van der Waals surface area contributed by atoms with Crippen LogP contribution in [-0.4, -0.2) is 27.4 Å². The fourth-order valence-electron chi connectivity index (χ4n) is 1.78. The Hall–Kier alpha value is -2.23. The number of ether oxygens (including phenoxy) is 1. The molecule has 2 aromatic rings. The van der Waals surface area contributed by atoms with Crippen LogP contribution in [0.25, 0.3) is 0 Å². The average molecular weight is 354 g/mol. The van der Waals surface area contributed by atoms with E-state index >= 15 is 0 Å². The highest BCUT2D eigenvalue weighted by Crippen LogP contribution is 2.21. The molecule has 122 valence electrons. The largest absolute Gasteiger partial charge is 0.465 e. The minimum absolute atomic E-state index is 0.0164. The number of nitrogens with two attached hydrogens (primary N) is 1. The monoisotopic (exact) mass is 354 g/mol. The third-order valence-electron chi connectivity index (χ3n) is 2.84. The number of thiophene rings is 1. The van der Waals surface area contributed by atoms with E-state index in [1.54, 1.807) is 18.2 Å². The number of hydrogen-bond donors (Lipinski definition) is 2. The molecule has 1 amide bonds. The van der Waals surface area contributed by atoms with Crippen molar-refractivity contribution in [3.05, 3.63) is 46.8 Å². The van der Waals surface area contributed by atoms with Gasteiger partial charge in [0.2, 0.25) is 15.9 Å². The highest BCUT2D eigenvalue weighted by atomic mass is 32.2. The summed E-state index contributed by atoms with van der Waals surface area (Å²) in [5.41, 5.74) is 0.896. The van der Waals surface area contributed by atoms with Gasteiger partial charge in [0, 0.05) is 10.6 Å². The molecule has 1 heterocycles. The summed E-state index contributed by atoms with van der Waals surface area (Å²) >= 11 is 0.953. The third kappa shape index (κ3) is 4.62. The first-order valence-corrected chi connectivity index (χ1v) is 8.75. The van der Waals surface area contributed by atoms with Crippen molar-refractivity contribution in [2.75, 3.05) is 12.4 Å². The number of carbonyl (C=O) groups excluding carboxylic acids is 2. The van der Waals surface area contributed by atoms with Crippen molar-refractivity contribution in [2.24, 2.45) is 5.14 Å². The number of sulfonamides is 1. The summed E-state index contributed by atoms with van der Waals surface area (Å²) in [6.07, 6.45) is 0.0267. The maximum absolute atomic E-state index is 11.9. The summed E-state index contributed by atoms with van der Waals surface area (Å²) < 4.78 is 27.0. The lowest BCUT2D eigenvalue weighted by Gasteiger charge is -2.05. The van der Waals surface area contributed by atoms with Crippen LogP contribution < -0.4 is 10.5 Å². The highest BCUT2D eigenvalue weighted by Gasteiger charge is 2.13. The van der Waals surface area contributed by atoms with Crippen molar-refractivity contribution >= 4 is 38.9 Å². The van der Waals surface area contributed by atoms with E-state index in [0.29, 0.717) is 16.1 Å².